The summed E-state index contributed by atoms with van der Waals surface area (Å²) in [6.07, 6.45) is 2.88. The van der Waals surface area contributed by atoms with Gasteiger partial charge < -0.3 is 9.64 Å². The Morgan fingerprint density at radius 2 is 1.46 bits per heavy atom. The van der Waals surface area contributed by atoms with Crippen LogP contribution in [0.2, 0.25) is 0 Å². The Morgan fingerprint density at radius 1 is 0.875 bits per heavy atom. The fourth-order valence-corrected chi connectivity index (χ4v) is 3.30. The van der Waals surface area contributed by atoms with Crippen LogP contribution in [0, 0.1) is 0 Å². The normalized spacial score (nSPS) is 14.9. The van der Waals surface area contributed by atoms with E-state index in [0.29, 0.717) is 39.8 Å². The van der Waals surface area contributed by atoms with Crippen LogP contribution in [0.25, 0.3) is 0 Å². The highest BCUT2D eigenvalue weighted by atomic mass is 32.2. The highest BCUT2D eigenvalue weighted by Gasteiger charge is 2.18. The molecule has 0 spiro atoms. The van der Waals surface area contributed by atoms with Crippen LogP contribution < -0.4 is 4.90 Å². The number of hydrogen-bond acceptors (Lipinski definition) is 11. The highest BCUT2D eigenvalue weighted by molar-refractivity contribution is 7.99. The lowest BCUT2D eigenvalue weighted by Gasteiger charge is -2.26. The number of morpholine rings is 1. The molecule has 1 fully saturated rings. The maximum Gasteiger partial charge on any atom is 0.230 e. The molecular weight excluding hydrogens is 352 g/mol. The summed E-state index contributed by atoms with van der Waals surface area (Å²) in [4.78, 5) is 23.7. The Kier molecular flexibility index (Phi) is 4.53. The molecule has 0 bridgehead atoms. The molecule has 13 heteroatoms. The van der Waals surface area contributed by atoms with E-state index in [1.54, 1.807) is 0 Å². The third-order valence-corrected chi connectivity index (χ3v) is 4.55. The molecule has 0 saturated carbocycles. The van der Waals surface area contributed by atoms with E-state index in [9.17, 15) is 0 Å². The second-order valence-electron chi connectivity index (χ2n) is 4.59. The highest BCUT2D eigenvalue weighted by Crippen LogP contribution is 2.27. The number of aromatic amines is 2. The Bertz CT molecular complexity index is 720. The molecule has 2 N–H and O–H groups in total. The van der Waals surface area contributed by atoms with Crippen molar-refractivity contribution in [2.24, 2.45) is 0 Å². The molecule has 124 valence electrons. The maximum absolute atomic E-state index is 5.38. The number of nitrogens with zero attached hydrogens (tertiary/aromatic N) is 8. The standard InChI is InChI=1S/C11H12N10OS2/c1-3-22-4-2-21(1)7-16-10(23-8-12-5-14-19-8)18-11(17-7)24-9-13-6-15-20-9/h5-6H,1-4H2,(H,12,14,19)(H,13,15,20). The second-order valence-corrected chi connectivity index (χ2v) is 6.50. The molecule has 3 aromatic heterocycles. The Labute approximate surface area is 144 Å². The van der Waals surface area contributed by atoms with Gasteiger partial charge in [0.05, 0.1) is 13.2 Å². The summed E-state index contributed by atoms with van der Waals surface area (Å²) < 4.78 is 5.38. The van der Waals surface area contributed by atoms with E-state index in [-0.39, 0.29) is 0 Å². The number of aromatic nitrogens is 9. The van der Waals surface area contributed by atoms with Gasteiger partial charge in [-0.3, -0.25) is 10.2 Å². The SMILES string of the molecule is c1n[nH]c(Sc2nc(Sc3ncn[nH]3)nc(N3CCOCC3)n2)n1. The van der Waals surface area contributed by atoms with Crippen LogP contribution in [-0.2, 0) is 4.74 Å². The van der Waals surface area contributed by atoms with E-state index in [4.69, 9.17) is 4.74 Å². The minimum atomic E-state index is 0.533. The molecule has 3 aromatic rings. The lowest BCUT2D eigenvalue weighted by molar-refractivity contribution is 0.122. The number of nitrogens with one attached hydrogen (secondary N) is 2. The summed E-state index contributed by atoms with van der Waals surface area (Å²) in [6, 6.07) is 0. The number of anilines is 1. The average Bonchev–Trinajstić information content (AvgIpc) is 3.30. The molecule has 0 amide bonds. The van der Waals surface area contributed by atoms with Crippen LogP contribution in [0.3, 0.4) is 0 Å². The smallest absolute Gasteiger partial charge is 0.230 e. The van der Waals surface area contributed by atoms with Gasteiger partial charge in [-0.1, -0.05) is 0 Å². The van der Waals surface area contributed by atoms with Gasteiger partial charge in [0.2, 0.25) is 16.3 Å². The van der Waals surface area contributed by atoms with Gasteiger partial charge in [-0.15, -0.1) is 0 Å². The summed E-state index contributed by atoms with van der Waals surface area (Å²) >= 11 is 2.58. The Morgan fingerprint density at radius 3 is 1.96 bits per heavy atom. The van der Waals surface area contributed by atoms with Crippen LogP contribution in [-0.4, -0.2) is 71.6 Å². The molecule has 1 aliphatic rings. The molecule has 0 aromatic carbocycles. The van der Waals surface area contributed by atoms with Crippen molar-refractivity contribution in [1.82, 2.24) is 45.3 Å². The molecule has 4 rings (SSSR count). The third-order valence-electron chi connectivity index (χ3n) is 3.04. The van der Waals surface area contributed by atoms with Crippen LogP contribution in [0.1, 0.15) is 0 Å². The number of rotatable bonds is 5. The fraction of sp³-hybridized carbons (Fsp3) is 0.364. The fourth-order valence-electron chi connectivity index (χ4n) is 1.98. The lowest BCUT2D eigenvalue weighted by atomic mass is 10.4. The summed E-state index contributed by atoms with van der Waals surface area (Å²) in [5.41, 5.74) is 0. The number of H-pyrrole nitrogens is 2. The molecule has 0 atom stereocenters. The molecular formula is C11H12N10OS2. The van der Waals surface area contributed by atoms with Gasteiger partial charge in [-0.2, -0.15) is 25.1 Å². The molecule has 0 radical (unpaired) electrons. The summed E-state index contributed by atoms with van der Waals surface area (Å²) in [6.45, 7) is 2.79. The van der Waals surface area contributed by atoms with E-state index >= 15 is 0 Å². The van der Waals surface area contributed by atoms with Gasteiger partial charge in [0.15, 0.2) is 10.3 Å². The van der Waals surface area contributed by atoms with E-state index in [2.05, 4.69) is 50.2 Å². The topological polar surface area (TPSA) is 134 Å². The first-order valence-electron chi connectivity index (χ1n) is 7.02. The molecule has 1 saturated heterocycles. The number of ether oxygens (including phenoxy) is 1. The zero-order valence-electron chi connectivity index (χ0n) is 12.3. The second kappa shape index (κ2) is 7.11. The van der Waals surface area contributed by atoms with Gasteiger partial charge in [-0.25, -0.2) is 9.97 Å². The van der Waals surface area contributed by atoms with Crippen molar-refractivity contribution in [3.05, 3.63) is 12.7 Å². The summed E-state index contributed by atoms with van der Waals surface area (Å²) in [5.74, 6) is 0.609. The minimum Gasteiger partial charge on any atom is -0.378 e. The number of hydrogen-bond donors (Lipinski definition) is 2. The van der Waals surface area contributed by atoms with Crippen molar-refractivity contribution in [3.63, 3.8) is 0 Å². The molecule has 11 nitrogen and oxygen atoms in total. The predicted octanol–water partition coefficient (Wildman–Crippen LogP) is 0.247. The Hall–Kier alpha value is -2.25. The van der Waals surface area contributed by atoms with Crippen LogP contribution in [0.4, 0.5) is 5.95 Å². The largest absolute Gasteiger partial charge is 0.378 e. The van der Waals surface area contributed by atoms with E-state index in [1.807, 2.05) is 0 Å². The van der Waals surface area contributed by atoms with Crippen LogP contribution in [0.5, 0.6) is 0 Å². The molecule has 1 aliphatic heterocycles. The monoisotopic (exact) mass is 364 g/mol. The maximum atomic E-state index is 5.38. The van der Waals surface area contributed by atoms with Crippen LogP contribution in [0.15, 0.2) is 33.3 Å². The van der Waals surface area contributed by atoms with Crippen molar-refractivity contribution in [2.75, 3.05) is 31.2 Å². The molecule has 0 aliphatic carbocycles. The van der Waals surface area contributed by atoms with Crippen molar-refractivity contribution in [2.45, 2.75) is 20.6 Å². The van der Waals surface area contributed by atoms with E-state index in [0.717, 1.165) is 13.1 Å². The molecule has 24 heavy (non-hydrogen) atoms. The first-order valence-corrected chi connectivity index (χ1v) is 8.65. The minimum absolute atomic E-state index is 0.533. The summed E-state index contributed by atoms with van der Waals surface area (Å²) in [7, 11) is 0. The third kappa shape index (κ3) is 3.63. The van der Waals surface area contributed by atoms with Gasteiger partial charge in [0, 0.05) is 13.1 Å². The van der Waals surface area contributed by atoms with Gasteiger partial charge >= 0.3 is 0 Å². The summed E-state index contributed by atoms with van der Waals surface area (Å²) in [5, 5.41) is 15.5. The zero-order valence-corrected chi connectivity index (χ0v) is 13.9. The van der Waals surface area contributed by atoms with E-state index in [1.165, 1.54) is 36.2 Å². The van der Waals surface area contributed by atoms with Gasteiger partial charge in [0.25, 0.3) is 0 Å². The van der Waals surface area contributed by atoms with Crippen molar-refractivity contribution in [1.29, 1.82) is 0 Å². The average molecular weight is 364 g/mol. The first-order chi connectivity index (χ1) is 11.9. The van der Waals surface area contributed by atoms with Crippen molar-refractivity contribution < 1.29 is 4.74 Å². The zero-order chi connectivity index (χ0) is 16.2. The lowest BCUT2D eigenvalue weighted by Crippen LogP contribution is -2.37. The van der Waals surface area contributed by atoms with Crippen molar-refractivity contribution in [3.8, 4) is 0 Å². The molecule has 0 unspecified atom stereocenters. The first kappa shape index (κ1) is 15.3. The van der Waals surface area contributed by atoms with Crippen LogP contribution >= 0.6 is 23.5 Å². The van der Waals surface area contributed by atoms with Gasteiger partial charge in [-0.05, 0) is 23.5 Å². The quantitative estimate of drug-likeness (QED) is 0.645. The molecule has 4 heterocycles. The van der Waals surface area contributed by atoms with Crippen molar-refractivity contribution >= 4 is 29.5 Å². The Balaban J connectivity index is 1.63. The van der Waals surface area contributed by atoms with Gasteiger partial charge in [0.1, 0.15) is 12.7 Å². The predicted molar refractivity (Wildman–Crippen MR) is 83.9 cm³/mol. The van der Waals surface area contributed by atoms with E-state index < -0.39 is 0 Å².